The number of benzene rings is 2. The number of carbonyl (C=O) groups is 1. The fraction of sp³-hybridized carbons (Fsp3) is 0.400. The lowest BCUT2D eigenvalue weighted by Crippen LogP contribution is -2.41. The van der Waals surface area contributed by atoms with Gasteiger partial charge < -0.3 is 13.7 Å². The van der Waals surface area contributed by atoms with Crippen molar-refractivity contribution < 1.29 is 31.3 Å². The Kier molecular flexibility index (Phi) is 6.14. The van der Waals surface area contributed by atoms with E-state index in [1.807, 2.05) is 27.7 Å². The molecule has 2 heterocycles. The highest BCUT2D eigenvalue weighted by Crippen LogP contribution is 2.40. The molecule has 1 aliphatic heterocycles. The standard InChI is InChI=1S/C25H29BFNO6S/c1-8-20(29)22-17-13-18(26-33-24(2,3)25(4,5)34-26)19(28(6)35(7,30)31)14-21(17)32-23(22)15-9-11-16(27)12-10-15/h9-14H,8H2,1-7H3. The highest BCUT2D eigenvalue weighted by molar-refractivity contribution is 7.92. The Labute approximate surface area is 205 Å². The van der Waals surface area contributed by atoms with E-state index >= 15 is 0 Å². The summed E-state index contributed by atoms with van der Waals surface area (Å²) in [6, 6.07) is 8.95. The average Bonchev–Trinajstić information content (AvgIpc) is 3.24. The molecule has 1 saturated heterocycles. The Hall–Kier alpha value is -2.69. The van der Waals surface area contributed by atoms with Gasteiger partial charge in [0.25, 0.3) is 0 Å². The van der Waals surface area contributed by atoms with Crippen LogP contribution in [-0.2, 0) is 19.3 Å². The summed E-state index contributed by atoms with van der Waals surface area (Å²) >= 11 is 0. The first-order valence-electron chi connectivity index (χ1n) is 11.4. The highest BCUT2D eigenvalue weighted by atomic mass is 32.2. The van der Waals surface area contributed by atoms with Crippen LogP contribution >= 0.6 is 0 Å². The summed E-state index contributed by atoms with van der Waals surface area (Å²) in [7, 11) is -3.08. The first kappa shape index (κ1) is 25.4. The number of hydrogen-bond acceptors (Lipinski definition) is 6. The highest BCUT2D eigenvalue weighted by Gasteiger charge is 2.52. The summed E-state index contributed by atoms with van der Waals surface area (Å²) in [6.07, 6.45) is 1.32. The van der Waals surface area contributed by atoms with Gasteiger partial charge in [-0.15, -0.1) is 0 Å². The Balaban J connectivity index is 2.02. The van der Waals surface area contributed by atoms with Gasteiger partial charge in [-0.1, -0.05) is 6.92 Å². The molecule has 10 heteroatoms. The van der Waals surface area contributed by atoms with Gasteiger partial charge in [-0.3, -0.25) is 9.10 Å². The number of anilines is 1. The van der Waals surface area contributed by atoms with Crippen LogP contribution in [0.5, 0.6) is 0 Å². The summed E-state index contributed by atoms with van der Waals surface area (Å²) < 4.78 is 58.2. The number of rotatable bonds is 6. The van der Waals surface area contributed by atoms with Gasteiger partial charge in [-0.2, -0.15) is 0 Å². The fourth-order valence-electron chi connectivity index (χ4n) is 4.02. The van der Waals surface area contributed by atoms with E-state index in [0.717, 1.165) is 10.6 Å². The lowest BCUT2D eigenvalue weighted by atomic mass is 9.76. The van der Waals surface area contributed by atoms with Crippen molar-refractivity contribution in [3.63, 3.8) is 0 Å². The third-order valence-electron chi connectivity index (χ3n) is 6.89. The van der Waals surface area contributed by atoms with Gasteiger partial charge in [0.15, 0.2) is 5.78 Å². The van der Waals surface area contributed by atoms with Crippen LogP contribution in [0.3, 0.4) is 0 Å². The van der Waals surface area contributed by atoms with E-state index in [0.29, 0.717) is 39.0 Å². The summed E-state index contributed by atoms with van der Waals surface area (Å²) in [5.74, 6) is -0.272. The molecule has 0 spiro atoms. The Morgan fingerprint density at radius 2 is 1.63 bits per heavy atom. The van der Waals surface area contributed by atoms with Gasteiger partial charge in [0.1, 0.15) is 17.2 Å². The van der Waals surface area contributed by atoms with E-state index in [2.05, 4.69) is 0 Å². The molecule has 1 fully saturated rings. The third kappa shape index (κ3) is 4.39. The van der Waals surface area contributed by atoms with Gasteiger partial charge in [-0.25, -0.2) is 12.8 Å². The number of Topliss-reactive ketones (excluding diaryl/α,β-unsaturated/α-hetero) is 1. The Morgan fingerprint density at radius 1 is 1.06 bits per heavy atom. The monoisotopic (exact) mass is 501 g/mol. The van der Waals surface area contributed by atoms with Crippen LogP contribution in [0.15, 0.2) is 40.8 Å². The number of furan rings is 1. The number of nitrogens with zero attached hydrogens (tertiary/aromatic N) is 1. The molecule has 35 heavy (non-hydrogen) atoms. The van der Waals surface area contributed by atoms with E-state index in [4.69, 9.17) is 13.7 Å². The van der Waals surface area contributed by atoms with Gasteiger partial charge >= 0.3 is 7.12 Å². The normalized spacial score (nSPS) is 17.2. The molecular formula is C25H29BFNO6S. The lowest BCUT2D eigenvalue weighted by molar-refractivity contribution is 0.00578. The second-order valence-corrected chi connectivity index (χ2v) is 11.8. The minimum atomic E-state index is -3.64. The van der Waals surface area contributed by atoms with Crippen LogP contribution < -0.4 is 9.77 Å². The minimum absolute atomic E-state index is 0.160. The van der Waals surface area contributed by atoms with Crippen LogP contribution in [0, 0.1) is 5.82 Å². The molecule has 0 bridgehead atoms. The molecular weight excluding hydrogens is 472 g/mol. The summed E-state index contributed by atoms with van der Waals surface area (Å²) in [5.41, 5.74) is 0.660. The van der Waals surface area contributed by atoms with Crippen LogP contribution in [0.2, 0.25) is 0 Å². The van der Waals surface area contributed by atoms with Crippen LogP contribution in [-0.4, -0.2) is 45.8 Å². The maximum atomic E-state index is 13.5. The van der Waals surface area contributed by atoms with Crippen LogP contribution in [0.1, 0.15) is 51.4 Å². The van der Waals surface area contributed by atoms with E-state index in [9.17, 15) is 17.6 Å². The summed E-state index contributed by atoms with van der Waals surface area (Å²) in [4.78, 5) is 13.1. The second kappa shape index (κ2) is 8.46. The smallest absolute Gasteiger partial charge is 0.455 e. The third-order valence-corrected chi connectivity index (χ3v) is 8.08. The van der Waals surface area contributed by atoms with Crippen molar-refractivity contribution in [2.45, 2.75) is 52.2 Å². The molecule has 7 nitrogen and oxygen atoms in total. The topological polar surface area (TPSA) is 86.1 Å². The zero-order chi connectivity index (χ0) is 25.9. The van der Waals surface area contributed by atoms with Crippen molar-refractivity contribution in [2.24, 2.45) is 0 Å². The molecule has 0 amide bonds. The molecule has 4 rings (SSSR count). The van der Waals surface area contributed by atoms with Gasteiger partial charge in [0.2, 0.25) is 10.0 Å². The Morgan fingerprint density at radius 3 is 2.14 bits per heavy atom. The van der Waals surface area contributed by atoms with E-state index < -0.39 is 34.2 Å². The summed E-state index contributed by atoms with van der Waals surface area (Å²) in [5, 5.41) is 0.506. The predicted octanol–water partition coefficient (Wildman–Crippen LogP) is 4.53. The van der Waals surface area contributed by atoms with Crippen molar-refractivity contribution in [1.29, 1.82) is 0 Å². The molecule has 0 aliphatic carbocycles. The van der Waals surface area contributed by atoms with Crippen molar-refractivity contribution in [2.75, 3.05) is 17.6 Å². The first-order chi connectivity index (χ1) is 16.2. The number of halogens is 1. The maximum Gasteiger partial charge on any atom is 0.497 e. The fourth-order valence-corrected chi connectivity index (χ4v) is 4.53. The largest absolute Gasteiger partial charge is 0.497 e. The zero-order valence-corrected chi connectivity index (χ0v) is 21.7. The first-order valence-corrected chi connectivity index (χ1v) is 13.2. The molecule has 0 unspecified atom stereocenters. The number of fused-ring (bicyclic) bond motifs is 1. The van der Waals surface area contributed by atoms with Crippen molar-refractivity contribution in [1.82, 2.24) is 0 Å². The quantitative estimate of drug-likeness (QED) is 0.365. The number of sulfonamides is 1. The van der Waals surface area contributed by atoms with Crippen LogP contribution in [0.25, 0.3) is 22.3 Å². The lowest BCUT2D eigenvalue weighted by Gasteiger charge is -2.32. The Bertz CT molecular complexity index is 1400. The average molecular weight is 501 g/mol. The molecule has 186 valence electrons. The maximum absolute atomic E-state index is 13.5. The van der Waals surface area contributed by atoms with Gasteiger partial charge in [-0.05, 0) is 58.0 Å². The van der Waals surface area contributed by atoms with E-state index in [-0.39, 0.29) is 12.2 Å². The molecule has 3 aromatic rings. The number of ketones is 1. The summed E-state index contributed by atoms with van der Waals surface area (Å²) in [6.45, 7) is 9.37. The van der Waals surface area contributed by atoms with Crippen molar-refractivity contribution in [3.8, 4) is 11.3 Å². The predicted molar refractivity (Wildman–Crippen MR) is 135 cm³/mol. The van der Waals surface area contributed by atoms with Crippen molar-refractivity contribution in [3.05, 3.63) is 47.8 Å². The number of carbonyl (C=O) groups excluding carboxylic acids is 1. The zero-order valence-electron chi connectivity index (χ0n) is 20.9. The van der Waals surface area contributed by atoms with Crippen molar-refractivity contribution >= 4 is 45.0 Å². The minimum Gasteiger partial charge on any atom is -0.455 e. The SMILES string of the molecule is CCC(=O)c1c(-c2ccc(F)cc2)oc2cc(N(C)S(C)(=O)=O)c(B3OC(C)(C)C(C)(C)O3)cc12. The van der Waals surface area contributed by atoms with Crippen LogP contribution in [0.4, 0.5) is 10.1 Å². The molecule has 0 atom stereocenters. The van der Waals surface area contributed by atoms with Gasteiger partial charge in [0.05, 0.1) is 28.7 Å². The van der Waals surface area contributed by atoms with Gasteiger partial charge in [0, 0.05) is 35.9 Å². The van der Waals surface area contributed by atoms with E-state index in [1.165, 1.54) is 31.3 Å². The molecule has 1 aromatic heterocycles. The molecule has 0 saturated carbocycles. The number of hydrogen-bond donors (Lipinski definition) is 0. The molecule has 0 radical (unpaired) electrons. The molecule has 2 aromatic carbocycles. The second-order valence-electron chi connectivity index (χ2n) is 9.82. The van der Waals surface area contributed by atoms with E-state index in [1.54, 1.807) is 19.1 Å². The molecule has 1 aliphatic rings. The molecule has 0 N–H and O–H groups in total.